The monoisotopic (exact) mass is 390 g/mol. The molecular weight excluding hydrogens is 376 g/mol. The van der Waals surface area contributed by atoms with Gasteiger partial charge in [0.15, 0.2) is 0 Å². The van der Waals surface area contributed by atoms with Gasteiger partial charge in [-0.1, -0.05) is 0 Å². The first-order valence-corrected chi connectivity index (χ1v) is 9.42. The molecule has 2 aliphatic rings. The topological polar surface area (TPSA) is 69.6 Å². The summed E-state index contributed by atoms with van der Waals surface area (Å²) in [5.41, 5.74) is 0. The molecule has 5 nitrogen and oxygen atoms in total. The predicted octanol–water partition coefficient (Wildman–Crippen LogP) is 2.96. The largest absolute Gasteiger partial charge is 0.480 e. The number of hydrogen-bond acceptors (Lipinski definition) is 4. The average Bonchev–Trinajstić information content (AvgIpc) is 3.06. The van der Waals surface area contributed by atoms with Crippen LogP contribution in [0.3, 0.4) is 0 Å². The number of carboxylic acid groups (broad SMARTS) is 1. The molecule has 1 aromatic rings. The normalized spacial score (nSPS) is 25.1. The van der Waals surface area contributed by atoms with Crippen LogP contribution in [0.2, 0.25) is 0 Å². The Kier molecular flexibility index (Phi) is 4.46. The van der Waals surface area contributed by atoms with E-state index in [2.05, 4.69) is 21.2 Å². The third-order valence-corrected chi connectivity index (χ3v) is 7.06. The number of hydrogen-bond donors (Lipinski definition) is 2. The molecule has 0 radical (unpaired) electrons. The third kappa shape index (κ3) is 3.22. The maximum atomic E-state index is 12.4. The summed E-state index contributed by atoms with van der Waals surface area (Å²) in [5, 5.41) is 14.1. The van der Waals surface area contributed by atoms with Gasteiger partial charge >= 0.3 is 12.0 Å². The first kappa shape index (κ1) is 15.2. The Morgan fingerprint density at radius 2 is 2.24 bits per heavy atom. The van der Waals surface area contributed by atoms with Gasteiger partial charge < -0.3 is 10.4 Å². The van der Waals surface area contributed by atoms with Crippen molar-refractivity contribution in [2.75, 3.05) is 5.75 Å². The Labute approximate surface area is 139 Å². The lowest BCUT2D eigenvalue weighted by molar-refractivity contribution is -0.141. The van der Waals surface area contributed by atoms with E-state index in [4.69, 9.17) is 0 Å². The van der Waals surface area contributed by atoms with Crippen LogP contribution in [-0.4, -0.2) is 39.2 Å². The summed E-state index contributed by atoms with van der Waals surface area (Å²) in [5.74, 6) is 0.0174. The molecule has 2 fully saturated rings. The van der Waals surface area contributed by atoms with Crippen LogP contribution in [0.1, 0.15) is 17.7 Å². The molecular formula is C13H15BrN2O3S2. The first-order chi connectivity index (χ1) is 10.1. The zero-order chi connectivity index (χ0) is 15.0. The molecule has 1 aromatic heterocycles. The molecule has 8 heteroatoms. The molecule has 1 saturated carbocycles. The van der Waals surface area contributed by atoms with E-state index >= 15 is 0 Å². The summed E-state index contributed by atoms with van der Waals surface area (Å²) < 4.78 is 0.970. The molecule has 2 N–H and O–H groups in total. The van der Waals surface area contributed by atoms with Crippen molar-refractivity contribution in [3.8, 4) is 0 Å². The van der Waals surface area contributed by atoms with Crippen LogP contribution in [0.25, 0.3) is 0 Å². The van der Waals surface area contributed by atoms with E-state index in [1.807, 2.05) is 11.4 Å². The van der Waals surface area contributed by atoms with Gasteiger partial charge in [0.1, 0.15) is 6.04 Å². The minimum atomic E-state index is -0.918. The summed E-state index contributed by atoms with van der Waals surface area (Å²) in [6.07, 6.45) is 2.18. The number of halogens is 1. The smallest absolute Gasteiger partial charge is 0.327 e. The number of carbonyl (C=O) groups is 2. The van der Waals surface area contributed by atoms with Crippen molar-refractivity contribution in [2.24, 2.45) is 5.92 Å². The first-order valence-electron chi connectivity index (χ1n) is 6.70. The van der Waals surface area contributed by atoms with Crippen LogP contribution >= 0.6 is 39.0 Å². The second kappa shape index (κ2) is 6.18. The number of carboxylic acids is 1. The Bertz CT molecular complexity index is 561. The number of carbonyl (C=O) groups excluding carboxylic acids is 1. The zero-order valence-electron chi connectivity index (χ0n) is 11.1. The van der Waals surface area contributed by atoms with Gasteiger partial charge in [0, 0.05) is 15.1 Å². The zero-order valence-corrected chi connectivity index (χ0v) is 14.3. The SMILES string of the molecule is O=C(O)C1CSC(C2CC2)N1C(=O)NCc1sccc1Br. The van der Waals surface area contributed by atoms with E-state index in [1.165, 1.54) is 4.90 Å². The van der Waals surface area contributed by atoms with E-state index in [9.17, 15) is 14.7 Å². The molecule has 2 unspecified atom stereocenters. The summed E-state index contributed by atoms with van der Waals surface area (Å²) in [4.78, 5) is 26.4. The lowest BCUT2D eigenvalue weighted by atomic mass is 10.2. The molecule has 0 bridgehead atoms. The molecule has 0 spiro atoms. The molecule has 0 aromatic carbocycles. The quantitative estimate of drug-likeness (QED) is 0.828. The van der Waals surface area contributed by atoms with E-state index in [0.717, 1.165) is 22.2 Å². The number of rotatable bonds is 4. The van der Waals surface area contributed by atoms with Gasteiger partial charge in [-0.3, -0.25) is 4.90 Å². The van der Waals surface area contributed by atoms with Crippen molar-refractivity contribution in [2.45, 2.75) is 30.8 Å². The van der Waals surface area contributed by atoms with E-state index in [0.29, 0.717) is 18.2 Å². The van der Waals surface area contributed by atoms with Crippen molar-refractivity contribution in [3.05, 3.63) is 20.8 Å². The molecule has 2 amide bonds. The molecule has 1 aliphatic heterocycles. The van der Waals surface area contributed by atoms with E-state index in [1.54, 1.807) is 23.1 Å². The van der Waals surface area contributed by atoms with Crippen molar-refractivity contribution in [3.63, 3.8) is 0 Å². The minimum absolute atomic E-state index is 0.0119. The Hall–Kier alpha value is -0.730. The van der Waals surface area contributed by atoms with Gasteiger partial charge in [0.25, 0.3) is 0 Å². The number of aliphatic carboxylic acids is 1. The van der Waals surface area contributed by atoms with Gasteiger partial charge in [0.05, 0.1) is 11.9 Å². The van der Waals surface area contributed by atoms with Gasteiger partial charge in [-0.15, -0.1) is 23.1 Å². The third-order valence-electron chi connectivity index (χ3n) is 3.67. The molecule has 1 saturated heterocycles. The lowest BCUT2D eigenvalue weighted by Gasteiger charge is -2.27. The fourth-order valence-corrected chi connectivity index (χ4v) is 5.48. The summed E-state index contributed by atoms with van der Waals surface area (Å²) >= 11 is 6.58. The van der Waals surface area contributed by atoms with Gasteiger partial charge in [-0.2, -0.15) is 0 Å². The molecule has 2 atom stereocenters. The van der Waals surface area contributed by atoms with Crippen LogP contribution in [0, 0.1) is 5.92 Å². The van der Waals surface area contributed by atoms with Gasteiger partial charge in [-0.05, 0) is 46.1 Å². The second-order valence-corrected chi connectivity index (χ2v) is 8.18. The standard InChI is InChI=1S/C13H15BrN2O3S2/c14-8-3-4-20-10(8)5-15-13(19)16-9(12(17)18)6-21-11(16)7-1-2-7/h3-4,7,9,11H,1-2,5-6H2,(H,15,19)(H,17,18). The average molecular weight is 391 g/mol. The molecule has 2 heterocycles. The van der Waals surface area contributed by atoms with Crippen LogP contribution < -0.4 is 5.32 Å². The molecule has 1 aliphatic carbocycles. The summed E-state index contributed by atoms with van der Waals surface area (Å²) in [6.45, 7) is 0.419. The Morgan fingerprint density at radius 1 is 1.48 bits per heavy atom. The van der Waals surface area contributed by atoms with Gasteiger partial charge in [0.2, 0.25) is 0 Å². The minimum Gasteiger partial charge on any atom is -0.480 e. The van der Waals surface area contributed by atoms with Crippen molar-refractivity contribution < 1.29 is 14.7 Å². The van der Waals surface area contributed by atoms with Crippen molar-refractivity contribution in [1.29, 1.82) is 0 Å². The van der Waals surface area contributed by atoms with Crippen LogP contribution in [-0.2, 0) is 11.3 Å². The number of thioether (sulfide) groups is 1. The molecule has 21 heavy (non-hydrogen) atoms. The number of amides is 2. The highest BCUT2D eigenvalue weighted by Crippen LogP contribution is 2.45. The maximum Gasteiger partial charge on any atom is 0.327 e. The van der Waals surface area contributed by atoms with E-state index in [-0.39, 0.29) is 11.4 Å². The van der Waals surface area contributed by atoms with Crippen LogP contribution in [0.5, 0.6) is 0 Å². The highest BCUT2D eigenvalue weighted by atomic mass is 79.9. The van der Waals surface area contributed by atoms with Gasteiger partial charge in [-0.25, -0.2) is 9.59 Å². The Morgan fingerprint density at radius 3 is 2.81 bits per heavy atom. The maximum absolute atomic E-state index is 12.4. The predicted molar refractivity (Wildman–Crippen MR) is 86.5 cm³/mol. The second-order valence-electron chi connectivity index (χ2n) is 5.17. The highest BCUT2D eigenvalue weighted by molar-refractivity contribution is 9.10. The molecule has 114 valence electrons. The Balaban J connectivity index is 1.67. The number of urea groups is 1. The van der Waals surface area contributed by atoms with Crippen LogP contribution in [0.4, 0.5) is 4.79 Å². The highest BCUT2D eigenvalue weighted by Gasteiger charge is 2.48. The van der Waals surface area contributed by atoms with Crippen molar-refractivity contribution in [1.82, 2.24) is 10.2 Å². The van der Waals surface area contributed by atoms with Crippen molar-refractivity contribution >= 4 is 51.0 Å². The van der Waals surface area contributed by atoms with Crippen LogP contribution in [0.15, 0.2) is 15.9 Å². The molecule has 3 rings (SSSR count). The fourth-order valence-electron chi connectivity index (χ4n) is 2.42. The summed E-state index contributed by atoms with van der Waals surface area (Å²) in [7, 11) is 0. The lowest BCUT2D eigenvalue weighted by Crippen LogP contribution is -2.50. The number of nitrogens with zero attached hydrogens (tertiary/aromatic N) is 1. The number of thiophene rings is 1. The van der Waals surface area contributed by atoms with E-state index < -0.39 is 12.0 Å². The number of nitrogens with one attached hydrogen (secondary N) is 1. The summed E-state index contributed by atoms with van der Waals surface area (Å²) in [6, 6.07) is 0.947. The fraction of sp³-hybridized carbons (Fsp3) is 0.538.